The van der Waals surface area contributed by atoms with Crippen molar-refractivity contribution < 1.29 is 33.8 Å². The third-order valence-corrected chi connectivity index (χ3v) is 4.89. The number of hydrogen-bond acceptors (Lipinski definition) is 9. The minimum Gasteiger partial charge on any atom is -0.499 e. The molecular weight excluding hydrogens is 422 g/mol. The monoisotopic (exact) mass is 447 g/mol. The quantitative estimate of drug-likeness (QED) is 0.158. The van der Waals surface area contributed by atoms with Crippen molar-refractivity contribution in [2.24, 2.45) is 0 Å². The number of amides is 1. The van der Waals surface area contributed by atoms with Gasteiger partial charge in [0.05, 0.1) is 17.1 Å². The van der Waals surface area contributed by atoms with Gasteiger partial charge >= 0.3 is 11.8 Å². The first-order valence-electron chi connectivity index (χ1n) is 10.1. The Balaban J connectivity index is 2.28. The summed E-state index contributed by atoms with van der Waals surface area (Å²) in [6, 6.07) is 3.84. The Labute approximate surface area is 184 Å². The summed E-state index contributed by atoms with van der Waals surface area (Å²) < 4.78 is 15.5. The Hall–Kier alpha value is -3.65. The van der Waals surface area contributed by atoms with Crippen LogP contribution in [0.5, 0.6) is 11.5 Å². The van der Waals surface area contributed by atoms with Crippen molar-refractivity contribution in [3.05, 3.63) is 33.4 Å². The lowest BCUT2D eigenvalue weighted by Crippen LogP contribution is -2.31. The number of phenols is 1. The molecular formula is C21H25N3O8. The van der Waals surface area contributed by atoms with Crippen LogP contribution in [0.3, 0.4) is 0 Å². The zero-order chi connectivity index (χ0) is 23.8. The van der Waals surface area contributed by atoms with Crippen molar-refractivity contribution in [2.45, 2.75) is 45.8 Å². The second-order valence-corrected chi connectivity index (χ2v) is 7.10. The van der Waals surface area contributed by atoms with Gasteiger partial charge in [0.15, 0.2) is 5.75 Å². The van der Waals surface area contributed by atoms with Gasteiger partial charge in [0, 0.05) is 19.2 Å². The normalized spacial score (nSPS) is 18.0. The Morgan fingerprint density at radius 3 is 2.59 bits per heavy atom. The molecule has 0 spiro atoms. The zero-order valence-electron chi connectivity index (χ0n) is 18.1. The first kappa shape index (κ1) is 24.6. The zero-order valence-corrected chi connectivity index (χ0v) is 18.1. The van der Waals surface area contributed by atoms with Crippen molar-refractivity contribution >= 4 is 23.8 Å². The van der Waals surface area contributed by atoms with Crippen LogP contribution < -0.4 is 4.74 Å². The number of nitro benzene ring substituents is 1. The highest BCUT2D eigenvalue weighted by atomic mass is 16.7. The highest BCUT2D eigenvalue weighted by molar-refractivity contribution is 6.01. The van der Waals surface area contributed by atoms with E-state index in [1.165, 1.54) is 4.90 Å². The van der Waals surface area contributed by atoms with E-state index >= 15 is 0 Å². The van der Waals surface area contributed by atoms with Gasteiger partial charge in [-0.2, -0.15) is 5.26 Å². The predicted octanol–water partition coefficient (Wildman–Crippen LogP) is 3.16. The van der Waals surface area contributed by atoms with Gasteiger partial charge in [0.2, 0.25) is 5.75 Å². The van der Waals surface area contributed by atoms with Crippen LogP contribution in [-0.2, 0) is 14.3 Å². The van der Waals surface area contributed by atoms with E-state index < -0.39 is 34.2 Å². The summed E-state index contributed by atoms with van der Waals surface area (Å²) in [4.78, 5) is 36.4. The maximum atomic E-state index is 12.5. The lowest BCUT2D eigenvalue weighted by molar-refractivity contribution is -0.385. The molecule has 172 valence electrons. The number of nitriles is 1. The second kappa shape index (κ2) is 11.1. The van der Waals surface area contributed by atoms with Crippen LogP contribution in [0.1, 0.15) is 39.2 Å². The number of hydrogen-bond donors (Lipinski definition) is 1. The summed E-state index contributed by atoms with van der Waals surface area (Å²) in [5, 5.41) is 30.9. The molecule has 1 N–H and O–H groups in total. The largest absolute Gasteiger partial charge is 0.514 e. The fourth-order valence-electron chi connectivity index (χ4n) is 3.19. The third-order valence-electron chi connectivity index (χ3n) is 4.89. The lowest BCUT2D eigenvalue weighted by atomic mass is 10.1. The highest BCUT2D eigenvalue weighted by Gasteiger charge is 2.26. The Morgan fingerprint density at radius 1 is 1.38 bits per heavy atom. The molecule has 0 aliphatic carbocycles. The molecule has 1 aliphatic rings. The minimum atomic E-state index is -1.18. The molecule has 11 heteroatoms. The van der Waals surface area contributed by atoms with Crippen molar-refractivity contribution in [3.63, 3.8) is 0 Å². The first-order valence-corrected chi connectivity index (χ1v) is 10.1. The average molecular weight is 447 g/mol. The molecule has 1 aliphatic heterocycles. The smallest absolute Gasteiger partial charge is 0.499 e. The van der Waals surface area contributed by atoms with Crippen LogP contribution in [0, 0.1) is 21.4 Å². The van der Waals surface area contributed by atoms with Crippen molar-refractivity contribution in [2.75, 3.05) is 19.7 Å². The van der Waals surface area contributed by atoms with E-state index in [-0.39, 0.29) is 30.0 Å². The van der Waals surface area contributed by atoms with Crippen LogP contribution in [0.15, 0.2) is 17.7 Å². The van der Waals surface area contributed by atoms with Crippen LogP contribution in [0.4, 0.5) is 10.5 Å². The van der Waals surface area contributed by atoms with E-state index in [1.807, 2.05) is 6.92 Å². The summed E-state index contributed by atoms with van der Waals surface area (Å²) in [6.45, 7) is 6.06. The summed E-state index contributed by atoms with van der Waals surface area (Å²) in [5.41, 5.74) is -1.01. The molecule has 1 saturated heterocycles. The average Bonchev–Trinajstić information content (AvgIpc) is 3.18. The summed E-state index contributed by atoms with van der Waals surface area (Å²) >= 11 is 0. The van der Waals surface area contributed by atoms with E-state index in [1.54, 1.807) is 19.9 Å². The molecule has 2 atom stereocenters. The third kappa shape index (κ3) is 6.18. The molecule has 1 heterocycles. The Morgan fingerprint density at radius 2 is 2.06 bits per heavy atom. The number of carbonyl (C=O) groups is 2. The number of rotatable bonds is 8. The van der Waals surface area contributed by atoms with Gasteiger partial charge in [-0.1, -0.05) is 0 Å². The predicted molar refractivity (Wildman–Crippen MR) is 112 cm³/mol. The molecule has 1 aromatic carbocycles. The SMILES string of the molecule is CCN(CC)C(=O)C(C#N)=Cc1cc(OC(=O)OCC2CCC(C)O2)c(O)c([N+](=O)[O-])c1. The number of nitrogens with zero attached hydrogens (tertiary/aromatic N) is 3. The molecule has 2 unspecified atom stereocenters. The Bertz CT molecular complexity index is 949. The van der Waals surface area contributed by atoms with E-state index in [4.69, 9.17) is 14.2 Å². The van der Waals surface area contributed by atoms with Gasteiger partial charge in [-0.3, -0.25) is 14.9 Å². The van der Waals surface area contributed by atoms with Crippen LogP contribution >= 0.6 is 0 Å². The van der Waals surface area contributed by atoms with Crippen molar-refractivity contribution in [3.8, 4) is 17.6 Å². The van der Waals surface area contributed by atoms with E-state index in [9.17, 15) is 30.1 Å². The molecule has 0 bridgehead atoms. The highest BCUT2D eigenvalue weighted by Crippen LogP contribution is 2.38. The fourth-order valence-corrected chi connectivity index (χ4v) is 3.19. The van der Waals surface area contributed by atoms with Gasteiger partial charge in [-0.15, -0.1) is 0 Å². The van der Waals surface area contributed by atoms with E-state index in [0.29, 0.717) is 19.5 Å². The molecule has 2 rings (SSSR count). The van der Waals surface area contributed by atoms with Crippen LogP contribution in [0.25, 0.3) is 6.08 Å². The number of likely N-dealkylation sites (N-methyl/N-ethyl adjacent to an activating group) is 1. The van der Waals surface area contributed by atoms with Gasteiger partial charge in [-0.05, 0) is 51.3 Å². The fraction of sp³-hybridized carbons (Fsp3) is 0.476. The topological polar surface area (TPSA) is 152 Å². The second-order valence-electron chi connectivity index (χ2n) is 7.10. The van der Waals surface area contributed by atoms with Gasteiger partial charge in [0.1, 0.15) is 18.2 Å². The summed E-state index contributed by atoms with van der Waals surface area (Å²) in [6.07, 6.45) is 1.26. The van der Waals surface area contributed by atoms with Gasteiger partial charge in [-0.25, -0.2) is 4.79 Å². The molecule has 0 saturated carbocycles. The summed E-state index contributed by atoms with van der Waals surface area (Å²) in [5.74, 6) is -1.98. The molecule has 11 nitrogen and oxygen atoms in total. The maximum absolute atomic E-state index is 12.5. The van der Waals surface area contributed by atoms with E-state index in [0.717, 1.165) is 24.6 Å². The van der Waals surface area contributed by atoms with Crippen LogP contribution in [0.2, 0.25) is 0 Å². The molecule has 1 amide bonds. The minimum absolute atomic E-state index is 0.0160. The number of carbonyl (C=O) groups excluding carboxylic acids is 2. The van der Waals surface area contributed by atoms with Crippen LogP contribution in [-0.4, -0.2) is 58.9 Å². The Kier molecular flexibility index (Phi) is 8.54. The molecule has 0 aromatic heterocycles. The lowest BCUT2D eigenvalue weighted by Gasteiger charge is -2.17. The van der Waals surface area contributed by atoms with E-state index in [2.05, 4.69) is 0 Å². The molecule has 1 fully saturated rings. The van der Waals surface area contributed by atoms with Crippen molar-refractivity contribution in [1.29, 1.82) is 5.26 Å². The van der Waals surface area contributed by atoms with Gasteiger partial charge in [0.25, 0.3) is 5.91 Å². The number of aromatic hydroxyl groups is 1. The summed E-state index contributed by atoms with van der Waals surface area (Å²) in [7, 11) is 0. The first-order chi connectivity index (χ1) is 15.2. The number of phenolic OH excluding ortho intramolecular Hbond substituents is 1. The molecule has 0 radical (unpaired) electrons. The molecule has 1 aromatic rings. The molecule has 32 heavy (non-hydrogen) atoms. The number of nitro groups is 1. The number of benzene rings is 1. The van der Waals surface area contributed by atoms with Gasteiger partial charge < -0.3 is 24.2 Å². The van der Waals surface area contributed by atoms with Crippen molar-refractivity contribution in [1.82, 2.24) is 4.90 Å². The maximum Gasteiger partial charge on any atom is 0.514 e. The number of ether oxygens (including phenoxy) is 3. The standard InChI is InChI=1S/C21H25N3O8/c1-4-23(5-2)20(26)15(11-22)8-14-9-17(24(28)29)19(25)18(10-14)32-21(27)30-12-16-7-6-13(3)31-16/h8-10,13,16,25H,4-7,12H2,1-3H3.